The standard InChI is InChI=1S/C20H23NO3/c1-14(2)16-8-10-17(11-9-16)20(23)24-13-19(22)21-12-18-7-5-4-6-15(18)3/h4-11,14H,12-13H2,1-3H3,(H,21,22). The van der Waals surface area contributed by atoms with Gasteiger partial charge in [-0.2, -0.15) is 0 Å². The summed E-state index contributed by atoms with van der Waals surface area (Å²) in [7, 11) is 0. The third kappa shape index (κ3) is 4.95. The van der Waals surface area contributed by atoms with E-state index in [4.69, 9.17) is 4.74 Å². The Morgan fingerprint density at radius 2 is 1.71 bits per heavy atom. The zero-order valence-corrected chi connectivity index (χ0v) is 14.3. The van der Waals surface area contributed by atoms with E-state index in [1.165, 1.54) is 0 Å². The Kier molecular flexibility index (Phi) is 6.13. The Hall–Kier alpha value is -2.62. The molecule has 1 N–H and O–H groups in total. The Morgan fingerprint density at radius 1 is 1.04 bits per heavy atom. The number of nitrogens with one attached hydrogen (secondary N) is 1. The van der Waals surface area contributed by atoms with Crippen molar-refractivity contribution < 1.29 is 14.3 Å². The van der Waals surface area contributed by atoms with Crippen LogP contribution in [-0.4, -0.2) is 18.5 Å². The molecule has 1 amide bonds. The average molecular weight is 325 g/mol. The smallest absolute Gasteiger partial charge is 0.338 e. The Bertz CT molecular complexity index is 705. The van der Waals surface area contributed by atoms with Gasteiger partial charge in [0.25, 0.3) is 5.91 Å². The first kappa shape index (κ1) is 17.7. The average Bonchev–Trinajstić information content (AvgIpc) is 2.59. The van der Waals surface area contributed by atoms with E-state index in [-0.39, 0.29) is 12.5 Å². The molecule has 0 saturated heterocycles. The van der Waals surface area contributed by atoms with E-state index < -0.39 is 5.97 Å². The number of esters is 1. The highest BCUT2D eigenvalue weighted by Gasteiger charge is 2.11. The molecule has 2 aromatic carbocycles. The molecular formula is C20H23NO3. The molecule has 4 nitrogen and oxygen atoms in total. The van der Waals surface area contributed by atoms with E-state index in [1.54, 1.807) is 12.1 Å². The van der Waals surface area contributed by atoms with Crippen molar-refractivity contribution in [3.05, 3.63) is 70.8 Å². The first-order valence-electron chi connectivity index (χ1n) is 8.05. The minimum Gasteiger partial charge on any atom is -0.452 e. The van der Waals surface area contributed by atoms with E-state index in [2.05, 4.69) is 19.2 Å². The molecular weight excluding hydrogens is 302 g/mol. The van der Waals surface area contributed by atoms with E-state index >= 15 is 0 Å². The first-order valence-corrected chi connectivity index (χ1v) is 8.05. The van der Waals surface area contributed by atoms with E-state index in [9.17, 15) is 9.59 Å². The maximum absolute atomic E-state index is 12.0. The van der Waals surface area contributed by atoms with Crippen molar-refractivity contribution >= 4 is 11.9 Å². The van der Waals surface area contributed by atoms with Gasteiger partial charge in [-0.3, -0.25) is 4.79 Å². The lowest BCUT2D eigenvalue weighted by atomic mass is 10.0. The van der Waals surface area contributed by atoms with E-state index in [0.717, 1.165) is 16.7 Å². The van der Waals surface area contributed by atoms with Crippen LogP contribution in [0.2, 0.25) is 0 Å². The third-order valence-electron chi connectivity index (χ3n) is 3.88. The topological polar surface area (TPSA) is 55.4 Å². The van der Waals surface area contributed by atoms with Crippen LogP contribution in [0.5, 0.6) is 0 Å². The van der Waals surface area contributed by atoms with Crippen LogP contribution in [0.4, 0.5) is 0 Å². The number of ether oxygens (including phenoxy) is 1. The van der Waals surface area contributed by atoms with Gasteiger partial charge in [-0.15, -0.1) is 0 Å². The summed E-state index contributed by atoms with van der Waals surface area (Å²) in [6.07, 6.45) is 0. The van der Waals surface area contributed by atoms with Crippen molar-refractivity contribution in [1.29, 1.82) is 0 Å². The second-order valence-electron chi connectivity index (χ2n) is 6.06. The lowest BCUT2D eigenvalue weighted by molar-refractivity contribution is -0.124. The van der Waals surface area contributed by atoms with Gasteiger partial charge in [-0.25, -0.2) is 4.79 Å². The Morgan fingerprint density at radius 3 is 2.33 bits per heavy atom. The maximum atomic E-state index is 12.0. The van der Waals surface area contributed by atoms with Crippen LogP contribution in [0.3, 0.4) is 0 Å². The second kappa shape index (κ2) is 8.29. The summed E-state index contributed by atoms with van der Waals surface area (Å²) in [5, 5.41) is 2.75. The van der Waals surface area contributed by atoms with Crippen LogP contribution >= 0.6 is 0 Å². The first-order chi connectivity index (χ1) is 11.5. The fourth-order valence-corrected chi connectivity index (χ4v) is 2.27. The molecule has 0 fully saturated rings. The Balaban J connectivity index is 1.80. The normalized spacial score (nSPS) is 10.5. The van der Waals surface area contributed by atoms with Gasteiger partial charge in [-0.1, -0.05) is 50.2 Å². The van der Waals surface area contributed by atoms with Gasteiger partial charge in [-0.05, 0) is 41.7 Å². The largest absolute Gasteiger partial charge is 0.452 e. The van der Waals surface area contributed by atoms with E-state index in [1.807, 2.05) is 43.3 Å². The molecule has 0 unspecified atom stereocenters. The molecule has 0 heterocycles. The van der Waals surface area contributed by atoms with Crippen molar-refractivity contribution in [3.8, 4) is 0 Å². The van der Waals surface area contributed by atoms with Gasteiger partial charge in [0.15, 0.2) is 6.61 Å². The number of amides is 1. The fourth-order valence-electron chi connectivity index (χ4n) is 2.27. The van der Waals surface area contributed by atoms with Crippen LogP contribution in [-0.2, 0) is 16.1 Å². The van der Waals surface area contributed by atoms with E-state index in [0.29, 0.717) is 18.0 Å². The van der Waals surface area contributed by atoms with Crippen molar-refractivity contribution in [1.82, 2.24) is 5.32 Å². The molecule has 126 valence electrons. The van der Waals surface area contributed by atoms with Crippen molar-refractivity contribution in [2.75, 3.05) is 6.61 Å². The molecule has 0 aromatic heterocycles. The summed E-state index contributed by atoms with van der Waals surface area (Å²) in [5.74, 6) is -0.399. The molecule has 4 heteroatoms. The van der Waals surface area contributed by atoms with Crippen molar-refractivity contribution in [2.24, 2.45) is 0 Å². The number of rotatable bonds is 6. The fraction of sp³-hybridized carbons (Fsp3) is 0.300. The van der Waals surface area contributed by atoms with Crippen molar-refractivity contribution in [3.63, 3.8) is 0 Å². The minimum absolute atomic E-state index is 0.281. The van der Waals surface area contributed by atoms with Crippen LogP contribution in [0.25, 0.3) is 0 Å². The third-order valence-corrected chi connectivity index (χ3v) is 3.88. The quantitative estimate of drug-likeness (QED) is 0.826. The highest BCUT2D eigenvalue weighted by atomic mass is 16.5. The van der Waals surface area contributed by atoms with Crippen LogP contribution < -0.4 is 5.32 Å². The van der Waals surface area contributed by atoms with Gasteiger partial charge in [0, 0.05) is 6.54 Å². The van der Waals surface area contributed by atoms with Crippen LogP contribution in [0.15, 0.2) is 48.5 Å². The lowest BCUT2D eigenvalue weighted by Gasteiger charge is -2.09. The van der Waals surface area contributed by atoms with Gasteiger partial charge < -0.3 is 10.1 Å². The summed E-state index contributed by atoms with van der Waals surface area (Å²) in [5.41, 5.74) is 3.76. The highest BCUT2D eigenvalue weighted by molar-refractivity contribution is 5.91. The number of hydrogen-bond acceptors (Lipinski definition) is 3. The van der Waals surface area contributed by atoms with Crippen LogP contribution in [0.1, 0.15) is 46.8 Å². The maximum Gasteiger partial charge on any atom is 0.338 e. The van der Waals surface area contributed by atoms with Gasteiger partial charge in [0.1, 0.15) is 0 Å². The van der Waals surface area contributed by atoms with Crippen LogP contribution in [0, 0.1) is 6.92 Å². The van der Waals surface area contributed by atoms with Crippen molar-refractivity contribution in [2.45, 2.75) is 33.2 Å². The predicted octanol–water partition coefficient (Wildman–Crippen LogP) is 3.59. The molecule has 0 aliphatic heterocycles. The molecule has 0 aliphatic rings. The van der Waals surface area contributed by atoms with Gasteiger partial charge >= 0.3 is 5.97 Å². The zero-order chi connectivity index (χ0) is 17.5. The van der Waals surface area contributed by atoms with Gasteiger partial charge in [0.2, 0.25) is 0 Å². The summed E-state index contributed by atoms with van der Waals surface area (Å²) in [4.78, 5) is 23.8. The molecule has 0 saturated carbocycles. The number of carbonyl (C=O) groups excluding carboxylic acids is 2. The molecule has 2 rings (SSSR count). The zero-order valence-electron chi connectivity index (χ0n) is 14.3. The summed E-state index contributed by atoms with van der Waals surface area (Å²) in [6.45, 7) is 6.31. The molecule has 0 bridgehead atoms. The minimum atomic E-state index is -0.489. The summed E-state index contributed by atoms with van der Waals surface area (Å²) < 4.78 is 5.06. The second-order valence-corrected chi connectivity index (χ2v) is 6.06. The molecule has 0 atom stereocenters. The summed E-state index contributed by atoms with van der Waals surface area (Å²) in [6, 6.07) is 15.1. The monoisotopic (exact) mass is 325 g/mol. The number of hydrogen-bond donors (Lipinski definition) is 1. The molecule has 0 aliphatic carbocycles. The molecule has 24 heavy (non-hydrogen) atoms. The Labute approximate surface area is 142 Å². The molecule has 0 radical (unpaired) electrons. The highest BCUT2D eigenvalue weighted by Crippen LogP contribution is 2.15. The number of aryl methyl sites for hydroxylation is 1. The molecule has 2 aromatic rings. The molecule has 0 spiro atoms. The summed E-state index contributed by atoms with van der Waals surface area (Å²) >= 11 is 0. The number of benzene rings is 2. The lowest BCUT2D eigenvalue weighted by Crippen LogP contribution is -2.28. The number of carbonyl (C=O) groups is 2. The SMILES string of the molecule is Cc1ccccc1CNC(=O)COC(=O)c1ccc(C(C)C)cc1. The predicted molar refractivity (Wildman–Crippen MR) is 93.8 cm³/mol. The van der Waals surface area contributed by atoms with Gasteiger partial charge in [0.05, 0.1) is 5.56 Å².